The Labute approximate surface area is 120 Å². The van der Waals surface area contributed by atoms with E-state index in [9.17, 15) is 10.1 Å². The summed E-state index contributed by atoms with van der Waals surface area (Å²) in [4.78, 5) is 14.5. The molecule has 2 rings (SSSR count). The molecule has 0 radical (unpaired) electrons. The van der Waals surface area contributed by atoms with Gasteiger partial charge in [0.25, 0.3) is 5.69 Å². The fourth-order valence-corrected chi connectivity index (χ4v) is 2.79. The zero-order valence-electron chi connectivity index (χ0n) is 10.7. The van der Waals surface area contributed by atoms with Crippen LogP contribution >= 0.6 is 15.9 Å². The van der Waals surface area contributed by atoms with Crippen molar-refractivity contribution in [3.05, 3.63) is 26.3 Å². The fourth-order valence-electron chi connectivity index (χ4n) is 2.37. The minimum absolute atomic E-state index is 0.0189. The van der Waals surface area contributed by atoms with Crippen LogP contribution < -0.4 is 11.1 Å². The van der Waals surface area contributed by atoms with E-state index in [1.807, 2.05) is 0 Å². The van der Waals surface area contributed by atoms with Gasteiger partial charge in [-0.1, -0.05) is 12.8 Å². The molecular weight excluding hydrogens is 312 g/mol. The Morgan fingerprint density at radius 2 is 2.21 bits per heavy atom. The molecule has 0 spiro atoms. The van der Waals surface area contributed by atoms with Gasteiger partial charge in [-0.3, -0.25) is 10.1 Å². The minimum atomic E-state index is -0.427. The minimum Gasteiger partial charge on any atom is -0.365 e. The summed E-state index contributed by atoms with van der Waals surface area (Å²) < 4.78 is 0.638. The normalized spacial score (nSPS) is 23.1. The number of hydrogen-bond donors (Lipinski definition) is 2. The number of pyridine rings is 1. The van der Waals surface area contributed by atoms with E-state index in [4.69, 9.17) is 5.73 Å². The van der Waals surface area contributed by atoms with E-state index in [-0.39, 0.29) is 17.8 Å². The summed E-state index contributed by atoms with van der Waals surface area (Å²) in [6.07, 6.45) is 5.60. The highest BCUT2D eigenvalue weighted by Gasteiger charge is 2.24. The van der Waals surface area contributed by atoms with Gasteiger partial charge in [-0.2, -0.15) is 0 Å². The molecule has 0 aliphatic heterocycles. The number of nitrogens with one attached hydrogen (secondary N) is 1. The molecule has 6 nitrogen and oxygen atoms in total. The largest absolute Gasteiger partial charge is 0.365 e. The lowest BCUT2D eigenvalue weighted by Crippen LogP contribution is -2.42. The number of nitrogens with zero attached hydrogens (tertiary/aromatic N) is 2. The number of hydrogen-bond acceptors (Lipinski definition) is 5. The summed E-state index contributed by atoms with van der Waals surface area (Å²) in [7, 11) is 0. The summed E-state index contributed by atoms with van der Waals surface area (Å²) in [5.41, 5.74) is 6.67. The zero-order valence-corrected chi connectivity index (χ0v) is 12.3. The number of aromatic nitrogens is 1. The number of nitro groups is 1. The van der Waals surface area contributed by atoms with Crippen molar-refractivity contribution in [1.82, 2.24) is 4.98 Å². The van der Waals surface area contributed by atoms with E-state index in [0.717, 1.165) is 25.7 Å². The van der Waals surface area contributed by atoms with E-state index in [1.165, 1.54) is 6.20 Å². The zero-order chi connectivity index (χ0) is 14.0. The average Bonchev–Trinajstić information content (AvgIpc) is 2.37. The number of halogens is 1. The highest BCUT2D eigenvalue weighted by Crippen LogP contribution is 2.32. The van der Waals surface area contributed by atoms with Gasteiger partial charge in [0.05, 0.1) is 9.40 Å². The number of anilines is 1. The first-order valence-electron chi connectivity index (χ1n) is 6.32. The summed E-state index contributed by atoms with van der Waals surface area (Å²) in [6, 6.07) is 0.288. The molecule has 1 aromatic rings. The highest BCUT2D eigenvalue weighted by molar-refractivity contribution is 9.10. The smallest absolute Gasteiger partial charge is 0.291 e. The Morgan fingerprint density at radius 1 is 1.53 bits per heavy atom. The first-order chi connectivity index (χ1) is 9.00. The average molecular weight is 329 g/mol. The first-order valence-corrected chi connectivity index (χ1v) is 7.11. The molecule has 1 fully saturated rings. The summed E-state index contributed by atoms with van der Waals surface area (Å²) in [6.45, 7) is 1.70. The molecule has 3 N–H and O–H groups in total. The maximum absolute atomic E-state index is 10.8. The molecule has 1 aliphatic carbocycles. The second-order valence-corrected chi connectivity index (χ2v) is 5.68. The van der Waals surface area contributed by atoms with E-state index in [1.54, 1.807) is 6.92 Å². The Morgan fingerprint density at radius 3 is 2.84 bits per heavy atom. The third-order valence-electron chi connectivity index (χ3n) is 3.58. The monoisotopic (exact) mass is 328 g/mol. The predicted molar refractivity (Wildman–Crippen MR) is 77.2 cm³/mol. The lowest BCUT2D eigenvalue weighted by molar-refractivity contribution is -0.385. The Balaban J connectivity index is 2.21. The molecule has 0 saturated heterocycles. The van der Waals surface area contributed by atoms with Crippen molar-refractivity contribution < 1.29 is 4.92 Å². The predicted octanol–water partition coefficient (Wildman–Crippen LogP) is 2.74. The fraction of sp³-hybridized carbons (Fsp3) is 0.583. The molecule has 19 heavy (non-hydrogen) atoms. The third kappa shape index (κ3) is 3.03. The molecule has 0 bridgehead atoms. The van der Waals surface area contributed by atoms with E-state index in [2.05, 4.69) is 26.2 Å². The van der Waals surface area contributed by atoms with Gasteiger partial charge in [0.2, 0.25) is 0 Å². The van der Waals surface area contributed by atoms with E-state index < -0.39 is 4.92 Å². The Bertz CT molecular complexity index is 495. The van der Waals surface area contributed by atoms with Crippen LogP contribution in [0.4, 0.5) is 11.5 Å². The topological polar surface area (TPSA) is 94.1 Å². The van der Waals surface area contributed by atoms with Gasteiger partial charge in [-0.05, 0) is 35.7 Å². The van der Waals surface area contributed by atoms with Crippen LogP contribution in [0.3, 0.4) is 0 Å². The maximum Gasteiger partial charge on any atom is 0.291 e. The molecule has 1 saturated carbocycles. The highest BCUT2D eigenvalue weighted by atomic mass is 79.9. The van der Waals surface area contributed by atoms with Crippen molar-refractivity contribution in [1.29, 1.82) is 0 Å². The van der Waals surface area contributed by atoms with Crippen molar-refractivity contribution in [2.45, 2.75) is 44.7 Å². The first kappa shape index (κ1) is 14.2. The van der Waals surface area contributed by atoms with Gasteiger partial charge in [-0.25, -0.2) is 4.98 Å². The number of nitrogens with two attached hydrogens (primary N) is 1. The van der Waals surface area contributed by atoms with Crippen molar-refractivity contribution in [3.8, 4) is 0 Å². The van der Waals surface area contributed by atoms with Gasteiger partial charge >= 0.3 is 0 Å². The molecule has 7 heteroatoms. The van der Waals surface area contributed by atoms with Crippen LogP contribution in [0.2, 0.25) is 0 Å². The van der Waals surface area contributed by atoms with E-state index in [0.29, 0.717) is 15.9 Å². The maximum atomic E-state index is 10.8. The van der Waals surface area contributed by atoms with Crippen molar-refractivity contribution >= 4 is 27.4 Å². The van der Waals surface area contributed by atoms with Crippen molar-refractivity contribution in [3.63, 3.8) is 0 Å². The van der Waals surface area contributed by atoms with Gasteiger partial charge in [0.1, 0.15) is 12.0 Å². The lowest BCUT2D eigenvalue weighted by Gasteiger charge is -2.30. The van der Waals surface area contributed by atoms with Crippen LogP contribution in [0.15, 0.2) is 10.7 Å². The van der Waals surface area contributed by atoms with Crippen LogP contribution in [0.5, 0.6) is 0 Å². The van der Waals surface area contributed by atoms with Crippen LogP contribution in [-0.4, -0.2) is 22.0 Å². The molecule has 0 aromatic carbocycles. The van der Waals surface area contributed by atoms with Crippen LogP contribution in [0.1, 0.15) is 31.2 Å². The van der Waals surface area contributed by atoms with Crippen LogP contribution in [-0.2, 0) is 0 Å². The molecule has 2 atom stereocenters. The molecule has 0 unspecified atom stereocenters. The Hall–Kier alpha value is -1.21. The Kier molecular flexibility index (Phi) is 4.36. The summed E-state index contributed by atoms with van der Waals surface area (Å²) in [5, 5.41) is 14.1. The quantitative estimate of drug-likeness (QED) is 0.657. The molecular formula is C12H17BrN4O2. The van der Waals surface area contributed by atoms with Crippen LogP contribution in [0.25, 0.3) is 0 Å². The molecule has 0 amide bonds. The molecule has 1 aromatic heterocycles. The van der Waals surface area contributed by atoms with Crippen LogP contribution in [0, 0.1) is 17.0 Å². The number of rotatable bonds is 3. The standard InChI is InChI=1S/C12H17BrN4O2/c1-7-10(17(18)19)6-15-12(11(7)13)16-9-5-3-2-4-8(9)14/h6,8-9H,2-5,14H2,1H3,(H,15,16)/t8-,9-/m1/s1. The SMILES string of the molecule is Cc1c([N+](=O)[O-])cnc(N[C@@H]2CCCC[C@H]2N)c1Br. The van der Waals surface area contributed by atoms with Gasteiger partial charge in [0.15, 0.2) is 0 Å². The van der Waals surface area contributed by atoms with Crippen molar-refractivity contribution in [2.75, 3.05) is 5.32 Å². The van der Waals surface area contributed by atoms with Crippen molar-refractivity contribution in [2.24, 2.45) is 5.73 Å². The molecule has 1 heterocycles. The second-order valence-electron chi connectivity index (χ2n) is 4.89. The summed E-state index contributed by atoms with van der Waals surface area (Å²) in [5.74, 6) is 0.630. The van der Waals surface area contributed by atoms with Gasteiger partial charge < -0.3 is 11.1 Å². The van der Waals surface area contributed by atoms with Gasteiger partial charge in [0, 0.05) is 17.6 Å². The second kappa shape index (κ2) is 5.83. The molecule has 1 aliphatic rings. The summed E-state index contributed by atoms with van der Waals surface area (Å²) >= 11 is 3.38. The lowest BCUT2D eigenvalue weighted by atomic mass is 9.91. The van der Waals surface area contributed by atoms with Gasteiger partial charge in [-0.15, -0.1) is 0 Å². The molecule has 104 valence electrons. The van der Waals surface area contributed by atoms with E-state index >= 15 is 0 Å². The third-order valence-corrected chi connectivity index (χ3v) is 4.55.